The normalized spacial score (nSPS) is 20.3. The molecule has 1 aliphatic rings. The fraction of sp³-hybridized carbons (Fsp3) is 0.353. The number of rotatable bonds is 4. The molecular weight excluding hydrogens is 361 g/mol. The second-order valence-corrected chi connectivity index (χ2v) is 7.06. The molecule has 1 fully saturated rings. The number of ether oxygens (including phenoxy) is 1. The first-order chi connectivity index (χ1) is 12.1. The van der Waals surface area contributed by atoms with Gasteiger partial charge in [0.15, 0.2) is 11.5 Å². The summed E-state index contributed by atoms with van der Waals surface area (Å²) in [5, 5.41) is 17.6. The number of fused-ring (bicyclic) bond motifs is 1. The third-order valence-electron chi connectivity index (χ3n) is 4.45. The van der Waals surface area contributed by atoms with Crippen molar-refractivity contribution in [1.82, 2.24) is 19.8 Å². The number of nitrogens with one attached hydrogen (secondary N) is 1. The van der Waals surface area contributed by atoms with E-state index in [1.54, 1.807) is 29.8 Å². The molecular formula is C17H17Cl2N5O. The second kappa shape index (κ2) is 6.78. The van der Waals surface area contributed by atoms with E-state index in [4.69, 9.17) is 27.9 Å². The molecule has 0 aliphatic heterocycles. The van der Waals surface area contributed by atoms with Gasteiger partial charge in [0.2, 0.25) is 0 Å². The van der Waals surface area contributed by atoms with E-state index in [1.807, 2.05) is 12.1 Å². The number of hydrogen-bond donors (Lipinski definition) is 1. The molecule has 25 heavy (non-hydrogen) atoms. The molecule has 1 N–H and O–H groups in total. The molecule has 2 heterocycles. The average molecular weight is 378 g/mol. The number of methoxy groups -OCH3 is 1. The van der Waals surface area contributed by atoms with Crippen LogP contribution < -0.4 is 5.32 Å². The fourth-order valence-corrected chi connectivity index (χ4v) is 3.75. The highest BCUT2D eigenvalue weighted by molar-refractivity contribution is 6.35. The van der Waals surface area contributed by atoms with Crippen LogP contribution in [0.1, 0.15) is 19.3 Å². The maximum atomic E-state index is 6.10. The van der Waals surface area contributed by atoms with Crippen molar-refractivity contribution in [1.29, 1.82) is 0 Å². The number of anilines is 1. The van der Waals surface area contributed by atoms with Gasteiger partial charge in [0.05, 0.1) is 6.10 Å². The van der Waals surface area contributed by atoms with Gasteiger partial charge in [0, 0.05) is 28.8 Å². The Hall–Kier alpha value is -1.89. The van der Waals surface area contributed by atoms with E-state index in [9.17, 15) is 0 Å². The van der Waals surface area contributed by atoms with E-state index in [0.717, 1.165) is 30.6 Å². The van der Waals surface area contributed by atoms with Crippen LogP contribution in [0.4, 0.5) is 5.82 Å². The number of benzene rings is 1. The molecule has 0 bridgehead atoms. The van der Waals surface area contributed by atoms with Crippen molar-refractivity contribution in [2.24, 2.45) is 0 Å². The Balaban J connectivity index is 1.66. The summed E-state index contributed by atoms with van der Waals surface area (Å²) in [4.78, 5) is 0. The van der Waals surface area contributed by atoms with Gasteiger partial charge < -0.3 is 10.1 Å². The van der Waals surface area contributed by atoms with Crippen LogP contribution in [0.5, 0.6) is 0 Å². The van der Waals surface area contributed by atoms with Crippen molar-refractivity contribution in [3.05, 3.63) is 40.4 Å². The molecule has 1 aliphatic carbocycles. The molecule has 2 atom stereocenters. The van der Waals surface area contributed by atoms with Crippen LogP contribution in [0.2, 0.25) is 10.0 Å². The van der Waals surface area contributed by atoms with Crippen molar-refractivity contribution in [2.45, 2.75) is 31.4 Å². The lowest BCUT2D eigenvalue weighted by Gasteiger charge is -2.13. The summed E-state index contributed by atoms with van der Waals surface area (Å²) in [7, 11) is 1.76. The summed E-state index contributed by atoms with van der Waals surface area (Å²) in [6.07, 6.45) is 3.43. The highest BCUT2D eigenvalue weighted by atomic mass is 35.5. The quantitative estimate of drug-likeness (QED) is 0.741. The molecule has 1 saturated carbocycles. The SMILES string of the molecule is COC1CCC(Nc2ccc3nnc(-c4cc(Cl)cc(Cl)c4)n3n2)C1. The highest BCUT2D eigenvalue weighted by Crippen LogP contribution is 2.27. The van der Waals surface area contributed by atoms with E-state index in [1.165, 1.54) is 0 Å². The third-order valence-corrected chi connectivity index (χ3v) is 4.89. The van der Waals surface area contributed by atoms with E-state index >= 15 is 0 Å². The zero-order valence-corrected chi connectivity index (χ0v) is 15.1. The Kier molecular flexibility index (Phi) is 4.50. The van der Waals surface area contributed by atoms with Gasteiger partial charge in [-0.15, -0.1) is 15.3 Å². The number of halogens is 2. The summed E-state index contributed by atoms with van der Waals surface area (Å²) in [5.74, 6) is 1.38. The van der Waals surface area contributed by atoms with Gasteiger partial charge in [0.25, 0.3) is 0 Å². The first-order valence-corrected chi connectivity index (χ1v) is 8.86. The summed E-state index contributed by atoms with van der Waals surface area (Å²) >= 11 is 12.2. The summed E-state index contributed by atoms with van der Waals surface area (Å²) < 4.78 is 7.13. The summed E-state index contributed by atoms with van der Waals surface area (Å²) in [6.45, 7) is 0. The first kappa shape index (κ1) is 16.6. The topological polar surface area (TPSA) is 64.3 Å². The molecule has 2 aromatic heterocycles. The van der Waals surface area contributed by atoms with Gasteiger partial charge in [-0.05, 0) is 49.6 Å². The van der Waals surface area contributed by atoms with E-state index in [0.29, 0.717) is 33.7 Å². The Labute approximate surface area is 155 Å². The minimum Gasteiger partial charge on any atom is -0.381 e. The van der Waals surface area contributed by atoms with E-state index < -0.39 is 0 Å². The molecule has 0 amide bonds. The van der Waals surface area contributed by atoms with Crippen LogP contribution in [-0.2, 0) is 4.74 Å². The molecule has 6 nitrogen and oxygen atoms in total. The third kappa shape index (κ3) is 3.42. The van der Waals surface area contributed by atoms with Crippen LogP contribution in [0.3, 0.4) is 0 Å². The van der Waals surface area contributed by atoms with Crippen molar-refractivity contribution in [3.63, 3.8) is 0 Å². The Morgan fingerprint density at radius 3 is 2.64 bits per heavy atom. The average Bonchev–Trinajstić information content (AvgIpc) is 3.20. The van der Waals surface area contributed by atoms with E-state index in [-0.39, 0.29) is 0 Å². The van der Waals surface area contributed by atoms with Crippen molar-refractivity contribution in [3.8, 4) is 11.4 Å². The predicted molar refractivity (Wildman–Crippen MR) is 98.3 cm³/mol. The highest BCUT2D eigenvalue weighted by Gasteiger charge is 2.24. The monoisotopic (exact) mass is 377 g/mol. The maximum Gasteiger partial charge on any atom is 0.185 e. The largest absolute Gasteiger partial charge is 0.381 e. The second-order valence-electron chi connectivity index (χ2n) is 6.18. The van der Waals surface area contributed by atoms with Gasteiger partial charge >= 0.3 is 0 Å². The molecule has 1 aromatic carbocycles. The van der Waals surface area contributed by atoms with E-state index in [2.05, 4.69) is 20.6 Å². The molecule has 4 rings (SSSR count). The van der Waals surface area contributed by atoms with Crippen LogP contribution in [0.15, 0.2) is 30.3 Å². The maximum absolute atomic E-state index is 6.10. The van der Waals surface area contributed by atoms with Crippen LogP contribution in [-0.4, -0.2) is 39.1 Å². The molecule has 0 saturated heterocycles. The first-order valence-electron chi connectivity index (χ1n) is 8.10. The lowest BCUT2D eigenvalue weighted by atomic mass is 10.2. The summed E-state index contributed by atoms with van der Waals surface area (Å²) in [5.41, 5.74) is 1.44. The Morgan fingerprint density at radius 2 is 1.92 bits per heavy atom. The van der Waals surface area contributed by atoms with Crippen LogP contribution in [0, 0.1) is 0 Å². The van der Waals surface area contributed by atoms with Gasteiger partial charge in [-0.3, -0.25) is 0 Å². The predicted octanol–water partition coefficient (Wildman–Crippen LogP) is 4.08. The number of nitrogens with zero attached hydrogens (tertiary/aromatic N) is 4. The number of aromatic nitrogens is 4. The Bertz CT molecular complexity index is 893. The molecule has 0 radical (unpaired) electrons. The molecule has 0 spiro atoms. The Morgan fingerprint density at radius 1 is 1.12 bits per heavy atom. The van der Waals surface area contributed by atoms with Gasteiger partial charge in [-0.25, -0.2) is 0 Å². The van der Waals surface area contributed by atoms with Crippen molar-refractivity contribution < 1.29 is 4.74 Å². The van der Waals surface area contributed by atoms with Gasteiger partial charge in [0.1, 0.15) is 5.82 Å². The lowest BCUT2D eigenvalue weighted by Crippen LogP contribution is -2.18. The van der Waals surface area contributed by atoms with Gasteiger partial charge in [-0.2, -0.15) is 4.52 Å². The summed E-state index contributed by atoms with van der Waals surface area (Å²) in [6, 6.07) is 9.44. The number of hydrogen-bond acceptors (Lipinski definition) is 5. The van der Waals surface area contributed by atoms with Crippen molar-refractivity contribution in [2.75, 3.05) is 12.4 Å². The molecule has 3 aromatic rings. The zero-order valence-electron chi connectivity index (χ0n) is 13.6. The zero-order chi connectivity index (χ0) is 17.4. The molecule has 2 unspecified atom stereocenters. The van der Waals surface area contributed by atoms with Crippen LogP contribution in [0.25, 0.3) is 17.0 Å². The molecule has 130 valence electrons. The fourth-order valence-electron chi connectivity index (χ4n) is 3.22. The lowest BCUT2D eigenvalue weighted by molar-refractivity contribution is 0.108. The van der Waals surface area contributed by atoms with Crippen LogP contribution >= 0.6 is 23.2 Å². The van der Waals surface area contributed by atoms with Crippen molar-refractivity contribution >= 4 is 34.7 Å². The standard InChI is InChI=1S/C17H17Cl2N5O/c1-25-14-3-2-13(9-14)20-15-4-5-16-21-22-17(24(16)23-15)10-6-11(18)8-12(19)7-10/h4-8,13-14H,2-3,9H2,1H3,(H,20,23). The van der Waals surface area contributed by atoms with Gasteiger partial charge in [-0.1, -0.05) is 23.2 Å². The smallest absolute Gasteiger partial charge is 0.185 e. The minimum atomic E-state index is 0.320. The molecule has 8 heteroatoms. The minimum absolute atomic E-state index is 0.320.